The van der Waals surface area contributed by atoms with Crippen LogP contribution in [-0.2, 0) is 9.53 Å². The Morgan fingerprint density at radius 2 is 2.05 bits per heavy atom. The van der Waals surface area contributed by atoms with Gasteiger partial charge in [-0.1, -0.05) is 0 Å². The number of thiophene rings is 1. The van der Waals surface area contributed by atoms with Gasteiger partial charge in [-0.25, -0.2) is 4.79 Å². The summed E-state index contributed by atoms with van der Waals surface area (Å²) in [4.78, 5) is 28.3. The van der Waals surface area contributed by atoms with E-state index in [-0.39, 0.29) is 5.91 Å². The number of amides is 1. The topological polar surface area (TPSA) is 71.2 Å². The van der Waals surface area contributed by atoms with E-state index < -0.39 is 5.97 Å². The first kappa shape index (κ1) is 13.6. The van der Waals surface area contributed by atoms with Gasteiger partial charge in [0, 0.05) is 17.2 Å². The van der Waals surface area contributed by atoms with Crippen LogP contribution in [0.15, 0.2) is 0 Å². The van der Waals surface area contributed by atoms with Crippen LogP contribution in [-0.4, -0.2) is 23.5 Å². The number of fused-ring (bicyclic) bond motifs is 1. The number of H-pyrrole nitrogens is 1. The Hall–Kier alpha value is -1.82. The maximum atomic E-state index is 11.9. The quantitative estimate of drug-likeness (QED) is 0.849. The second-order valence-electron chi connectivity index (χ2n) is 4.26. The first-order valence-corrected chi connectivity index (χ1v) is 6.83. The van der Waals surface area contributed by atoms with E-state index in [0.29, 0.717) is 18.0 Å². The molecule has 0 aliphatic heterocycles. The molecule has 0 radical (unpaired) electrons. The number of aryl methyl sites for hydroxylation is 2. The predicted octanol–water partition coefficient (Wildman–Crippen LogP) is 2.98. The Morgan fingerprint density at radius 3 is 2.63 bits per heavy atom. The van der Waals surface area contributed by atoms with Crippen LogP contribution in [0.5, 0.6) is 0 Å². The standard InChI is InChI=1S/C13H16N2O3S/c1-5-18-13(17)11-10(14-8(4)16)9-6(2)7(3)19-12(9)15-11/h15H,5H2,1-4H3,(H,14,16). The minimum absolute atomic E-state index is 0.213. The van der Waals surface area contributed by atoms with Crippen molar-refractivity contribution in [3.8, 4) is 0 Å². The van der Waals surface area contributed by atoms with Crippen molar-refractivity contribution < 1.29 is 14.3 Å². The zero-order chi connectivity index (χ0) is 14.2. The Labute approximate surface area is 115 Å². The number of aromatic amines is 1. The Kier molecular flexibility index (Phi) is 3.61. The molecular weight excluding hydrogens is 264 g/mol. The van der Waals surface area contributed by atoms with Crippen LogP contribution in [0.3, 0.4) is 0 Å². The Bertz CT molecular complexity index is 654. The molecule has 0 aliphatic carbocycles. The lowest BCUT2D eigenvalue weighted by atomic mass is 10.2. The number of hydrogen-bond acceptors (Lipinski definition) is 4. The molecule has 0 aliphatic rings. The van der Waals surface area contributed by atoms with Crippen molar-refractivity contribution in [2.75, 3.05) is 11.9 Å². The van der Waals surface area contributed by atoms with Gasteiger partial charge in [-0.2, -0.15) is 0 Å². The third kappa shape index (κ3) is 2.35. The van der Waals surface area contributed by atoms with Gasteiger partial charge >= 0.3 is 5.97 Å². The summed E-state index contributed by atoms with van der Waals surface area (Å²) in [6.07, 6.45) is 0. The van der Waals surface area contributed by atoms with Crippen LogP contribution >= 0.6 is 11.3 Å². The molecule has 0 unspecified atom stereocenters. The molecule has 0 saturated carbocycles. The fraction of sp³-hybridized carbons (Fsp3) is 0.385. The van der Waals surface area contributed by atoms with Crippen LogP contribution in [0.2, 0.25) is 0 Å². The van der Waals surface area contributed by atoms with Gasteiger partial charge in [0.1, 0.15) is 4.83 Å². The second kappa shape index (κ2) is 5.05. The normalized spacial score (nSPS) is 10.7. The van der Waals surface area contributed by atoms with E-state index in [0.717, 1.165) is 20.7 Å². The van der Waals surface area contributed by atoms with Gasteiger partial charge in [0.15, 0.2) is 5.69 Å². The molecule has 0 fully saturated rings. The predicted molar refractivity (Wildman–Crippen MR) is 75.9 cm³/mol. The summed E-state index contributed by atoms with van der Waals surface area (Å²) in [5, 5.41) is 3.62. The molecule has 2 heterocycles. The highest BCUT2D eigenvalue weighted by atomic mass is 32.1. The van der Waals surface area contributed by atoms with E-state index in [1.807, 2.05) is 13.8 Å². The van der Waals surface area contributed by atoms with Crippen LogP contribution < -0.4 is 5.32 Å². The van der Waals surface area contributed by atoms with Crippen LogP contribution in [0, 0.1) is 13.8 Å². The minimum atomic E-state index is -0.452. The molecule has 2 N–H and O–H groups in total. The number of esters is 1. The van der Waals surface area contributed by atoms with E-state index in [1.54, 1.807) is 18.3 Å². The molecule has 1 amide bonds. The molecule has 2 aromatic rings. The maximum Gasteiger partial charge on any atom is 0.356 e. The fourth-order valence-corrected chi connectivity index (χ4v) is 3.05. The first-order valence-electron chi connectivity index (χ1n) is 6.02. The Morgan fingerprint density at radius 1 is 1.37 bits per heavy atom. The summed E-state index contributed by atoms with van der Waals surface area (Å²) in [6, 6.07) is 0. The summed E-state index contributed by atoms with van der Waals surface area (Å²) in [5.74, 6) is -0.665. The SMILES string of the molecule is CCOC(=O)c1[nH]c2sc(C)c(C)c2c1NC(C)=O. The third-order valence-corrected chi connectivity index (χ3v) is 4.03. The smallest absolute Gasteiger partial charge is 0.356 e. The van der Waals surface area contributed by atoms with Crippen molar-refractivity contribution in [3.63, 3.8) is 0 Å². The van der Waals surface area contributed by atoms with E-state index in [1.165, 1.54) is 6.92 Å². The highest BCUT2D eigenvalue weighted by Gasteiger charge is 2.23. The monoisotopic (exact) mass is 280 g/mol. The summed E-state index contributed by atoms with van der Waals surface area (Å²) in [5.41, 5.74) is 1.89. The number of rotatable bonds is 3. The summed E-state index contributed by atoms with van der Waals surface area (Å²) < 4.78 is 5.00. The fourth-order valence-electron chi connectivity index (χ4n) is 1.97. The van der Waals surface area contributed by atoms with E-state index in [4.69, 9.17) is 4.74 Å². The molecule has 2 aromatic heterocycles. The van der Waals surface area contributed by atoms with Gasteiger partial charge in [0.2, 0.25) is 5.91 Å². The summed E-state index contributed by atoms with van der Waals surface area (Å²) >= 11 is 1.56. The Balaban J connectivity index is 2.63. The van der Waals surface area contributed by atoms with E-state index in [2.05, 4.69) is 10.3 Å². The molecule has 0 atom stereocenters. The van der Waals surface area contributed by atoms with E-state index >= 15 is 0 Å². The third-order valence-electron chi connectivity index (χ3n) is 2.90. The lowest BCUT2D eigenvalue weighted by molar-refractivity contribution is -0.114. The van der Waals surface area contributed by atoms with Crippen molar-refractivity contribution in [1.82, 2.24) is 4.98 Å². The van der Waals surface area contributed by atoms with Gasteiger partial charge < -0.3 is 15.0 Å². The molecule has 19 heavy (non-hydrogen) atoms. The average Bonchev–Trinajstić information content (AvgIpc) is 2.78. The largest absolute Gasteiger partial charge is 0.461 e. The molecule has 0 bridgehead atoms. The van der Waals surface area contributed by atoms with Gasteiger partial charge in [-0.3, -0.25) is 4.79 Å². The number of carbonyl (C=O) groups excluding carboxylic acids is 2. The highest BCUT2D eigenvalue weighted by Crippen LogP contribution is 2.37. The van der Waals surface area contributed by atoms with Crippen molar-refractivity contribution >= 4 is 39.1 Å². The number of anilines is 1. The van der Waals surface area contributed by atoms with Gasteiger partial charge in [0.05, 0.1) is 12.3 Å². The highest BCUT2D eigenvalue weighted by molar-refractivity contribution is 7.19. The molecule has 2 rings (SSSR count). The van der Waals surface area contributed by atoms with Crippen LogP contribution in [0.25, 0.3) is 10.2 Å². The molecule has 6 heteroatoms. The first-order chi connectivity index (χ1) is 8.95. The maximum absolute atomic E-state index is 11.9. The van der Waals surface area contributed by atoms with Crippen molar-refractivity contribution in [3.05, 3.63) is 16.1 Å². The number of carbonyl (C=O) groups is 2. The van der Waals surface area contributed by atoms with Crippen molar-refractivity contribution in [1.29, 1.82) is 0 Å². The van der Waals surface area contributed by atoms with Gasteiger partial charge in [-0.15, -0.1) is 11.3 Å². The van der Waals surface area contributed by atoms with Crippen molar-refractivity contribution in [2.45, 2.75) is 27.7 Å². The van der Waals surface area contributed by atoms with Gasteiger partial charge in [-0.05, 0) is 26.3 Å². The van der Waals surface area contributed by atoms with Gasteiger partial charge in [0.25, 0.3) is 0 Å². The second-order valence-corrected chi connectivity index (χ2v) is 5.49. The van der Waals surface area contributed by atoms with E-state index in [9.17, 15) is 9.59 Å². The summed E-state index contributed by atoms with van der Waals surface area (Å²) in [6.45, 7) is 7.44. The lowest BCUT2D eigenvalue weighted by Crippen LogP contribution is -2.12. The lowest BCUT2D eigenvalue weighted by Gasteiger charge is -2.05. The minimum Gasteiger partial charge on any atom is -0.461 e. The average molecular weight is 280 g/mol. The van der Waals surface area contributed by atoms with Crippen LogP contribution in [0.4, 0.5) is 5.69 Å². The molecule has 0 aromatic carbocycles. The zero-order valence-electron chi connectivity index (χ0n) is 11.3. The zero-order valence-corrected chi connectivity index (χ0v) is 12.2. The van der Waals surface area contributed by atoms with Crippen LogP contribution in [0.1, 0.15) is 34.8 Å². The molecule has 0 spiro atoms. The molecule has 0 saturated heterocycles. The number of nitrogens with one attached hydrogen (secondary N) is 2. The molecule has 102 valence electrons. The van der Waals surface area contributed by atoms with Crippen molar-refractivity contribution in [2.24, 2.45) is 0 Å². The number of ether oxygens (including phenoxy) is 1. The summed E-state index contributed by atoms with van der Waals surface area (Å²) in [7, 11) is 0. The number of hydrogen-bond donors (Lipinski definition) is 2. The molecule has 5 nitrogen and oxygen atoms in total. The molecular formula is C13H16N2O3S. The number of aromatic nitrogens is 1.